The van der Waals surface area contributed by atoms with Crippen molar-refractivity contribution in [3.63, 3.8) is 0 Å². The fourth-order valence-corrected chi connectivity index (χ4v) is 6.55. The maximum Gasteiger partial charge on any atom is 0.235 e. The van der Waals surface area contributed by atoms with Gasteiger partial charge in [-0.3, -0.25) is 4.57 Å². The molecule has 0 spiro atoms. The van der Waals surface area contributed by atoms with Crippen LogP contribution in [0.1, 0.15) is 0 Å². The lowest BCUT2D eigenvalue weighted by molar-refractivity contribution is 0.996. The van der Waals surface area contributed by atoms with Crippen LogP contribution in [0.2, 0.25) is 0 Å². The number of benzene rings is 6. The third-order valence-corrected chi connectivity index (χ3v) is 8.53. The van der Waals surface area contributed by atoms with E-state index in [4.69, 9.17) is 9.97 Å². The molecule has 0 aliphatic heterocycles. The number of para-hydroxylation sites is 3. The Labute approximate surface area is 254 Å². The highest BCUT2D eigenvalue weighted by atomic mass is 15.2. The van der Waals surface area contributed by atoms with E-state index >= 15 is 0 Å². The summed E-state index contributed by atoms with van der Waals surface area (Å²) in [5.41, 5.74) is 9.57. The molecule has 3 aromatic heterocycles. The molecule has 4 heteroatoms. The van der Waals surface area contributed by atoms with Gasteiger partial charge in [-0.15, -0.1) is 0 Å². The monoisotopic (exact) mass is 562 g/mol. The standard InChI is InChI=1S/C40H26N4/c1-4-14-27(15-5-1)34-26-35(28-16-6-2-7-17-28)42-40(41-34)44-37-23-13-11-21-31(37)33-24-38-32(25-39(33)44)30-20-10-12-22-36(30)43(38)29-18-8-3-9-19-29/h1-26H. The predicted molar refractivity (Wildman–Crippen MR) is 182 cm³/mol. The minimum Gasteiger partial charge on any atom is -0.309 e. The lowest BCUT2D eigenvalue weighted by atomic mass is 10.1. The van der Waals surface area contributed by atoms with Crippen molar-refractivity contribution >= 4 is 43.6 Å². The summed E-state index contributed by atoms with van der Waals surface area (Å²) in [5.74, 6) is 0.655. The molecule has 0 amide bonds. The van der Waals surface area contributed by atoms with E-state index in [1.54, 1.807) is 0 Å². The third-order valence-electron chi connectivity index (χ3n) is 8.53. The molecule has 6 aromatic carbocycles. The summed E-state index contributed by atoms with van der Waals surface area (Å²) < 4.78 is 4.61. The van der Waals surface area contributed by atoms with Crippen LogP contribution in [0.3, 0.4) is 0 Å². The van der Waals surface area contributed by atoms with Crippen molar-refractivity contribution < 1.29 is 0 Å². The van der Waals surface area contributed by atoms with Crippen LogP contribution in [0.4, 0.5) is 0 Å². The summed E-state index contributed by atoms with van der Waals surface area (Å²) in [6, 6.07) is 55.3. The molecule has 0 saturated heterocycles. The average Bonchev–Trinajstić information content (AvgIpc) is 3.60. The van der Waals surface area contributed by atoms with Crippen molar-refractivity contribution in [1.29, 1.82) is 0 Å². The summed E-state index contributed by atoms with van der Waals surface area (Å²) in [6.07, 6.45) is 0. The second kappa shape index (κ2) is 9.79. The molecule has 0 bridgehead atoms. The number of aromatic nitrogens is 4. The van der Waals surface area contributed by atoms with Gasteiger partial charge in [-0.2, -0.15) is 0 Å². The first-order valence-electron chi connectivity index (χ1n) is 14.9. The molecule has 0 saturated carbocycles. The van der Waals surface area contributed by atoms with E-state index in [1.165, 1.54) is 32.6 Å². The summed E-state index contributed by atoms with van der Waals surface area (Å²) in [6.45, 7) is 0. The highest BCUT2D eigenvalue weighted by Crippen LogP contribution is 2.39. The first-order valence-corrected chi connectivity index (χ1v) is 14.9. The minimum absolute atomic E-state index is 0.655. The van der Waals surface area contributed by atoms with Crippen LogP contribution in [0.5, 0.6) is 0 Å². The van der Waals surface area contributed by atoms with E-state index in [-0.39, 0.29) is 0 Å². The fraction of sp³-hybridized carbons (Fsp3) is 0. The molecule has 44 heavy (non-hydrogen) atoms. The van der Waals surface area contributed by atoms with Gasteiger partial charge in [0.05, 0.1) is 33.5 Å². The normalized spacial score (nSPS) is 11.6. The zero-order valence-corrected chi connectivity index (χ0v) is 23.8. The van der Waals surface area contributed by atoms with Crippen LogP contribution < -0.4 is 0 Å². The van der Waals surface area contributed by atoms with Crippen molar-refractivity contribution in [3.8, 4) is 34.2 Å². The van der Waals surface area contributed by atoms with Gasteiger partial charge in [-0.1, -0.05) is 115 Å². The summed E-state index contributed by atoms with van der Waals surface area (Å²) in [4.78, 5) is 10.4. The highest BCUT2D eigenvalue weighted by molar-refractivity contribution is 6.18. The quantitative estimate of drug-likeness (QED) is 0.214. The third kappa shape index (κ3) is 3.78. The zero-order valence-electron chi connectivity index (χ0n) is 23.8. The number of hydrogen-bond donors (Lipinski definition) is 0. The Morgan fingerprint density at radius 1 is 0.341 bits per heavy atom. The average molecular weight is 563 g/mol. The first kappa shape index (κ1) is 24.6. The summed E-state index contributed by atoms with van der Waals surface area (Å²) in [5, 5.41) is 4.75. The fourth-order valence-electron chi connectivity index (χ4n) is 6.55. The van der Waals surface area contributed by atoms with Gasteiger partial charge in [0.15, 0.2) is 0 Å². The Balaban J connectivity index is 1.40. The Bertz CT molecular complexity index is 2420. The Hall–Kier alpha value is -6.00. The maximum atomic E-state index is 5.21. The molecule has 0 atom stereocenters. The summed E-state index contributed by atoms with van der Waals surface area (Å²) in [7, 11) is 0. The van der Waals surface area contributed by atoms with Crippen molar-refractivity contribution in [1.82, 2.24) is 19.1 Å². The van der Waals surface area contributed by atoms with Crippen LogP contribution in [-0.2, 0) is 0 Å². The Morgan fingerprint density at radius 3 is 1.32 bits per heavy atom. The highest BCUT2D eigenvalue weighted by Gasteiger charge is 2.20. The van der Waals surface area contributed by atoms with E-state index < -0.39 is 0 Å². The van der Waals surface area contributed by atoms with Crippen molar-refractivity contribution in [2.24, 2.45) is 0 Å². The molecule has 0 fully saturated rings. The number of fused-ring (bicyclic) bond motifs is 6. The number of nitrogens with zero attached hydrogens (tertiary/aromatic N) is 4. The van der Waals surface area contributed by atoms with Crippen LogP contribution >= 0.6 is 0 Å². The van der Waals surface area contributed by atoms with Gasteiger partial charge >= 0.3 is 0 Å². The molecule has 9 rings (SSSR count). The topological polar surface area (TPSA) is 35.6 Å². The molecule has 9 aromatic rings. The van der Waals surface area contributed by atoms with E-state index in [1.807, 2.05) is 12.1 Å². The van der Waals surface area contributed by atoms with Crippen LogP contribution in [0.15, 0.2) is 158 Å². The van der Waals surface area contributed by atoms with Gasteiger partial charge in [0.1, 0.15) is 0 Å². The van der Waals surface area contributed by atoms with Gasteiger partial charge in [0, 0.05) is 38.4 Å². The SMILES string of the molecule is c1ccc(-c2cc(-c3ccccc3)nc(-n3c4ccccc4c4cc5c(cc43)c3ccccc3n5-c3ccccc3)n2)cc1. The molecular weight excluding hydrogens is 536 g/mol. The maximum absolute atomic E-state index is 5.21. The molecule has 3 heterocycles. The lowest BCUT2D eigenvalue weighted by Gasteiger charge is -2.12. The molecule has 0 aliphatic rings. The molecule has 0 unspecified atom stereocenters. The van der Waals surface area contributed by atoms with Crippen LogP contribution in [0, 0.1) is 0 Å². The van der Waals surface area contributed by atoms with Crippen molar-refractivity contribution in [2.45, 2.75) is 0 Å². The van der Waals surface area contributed by atoms with E-state index in [9.17, 15) is 0 Å². The Kier molecular flexibility index (Phi) is 5.47. The molecule has 0 N–H and O–H groups in total. The molecular formula is C40H26N4. The number of rotatable bonds is 4. The largest absolute Gasteiger partial charge is 0.309 e. The van der Waals surface area contributed by atoms with Crippen LogP contribution in [-0.4, -0.2) is 19.1 Å². The molecule has 206 valence electrons. The molecule has 0 aliphatic carbocycles. The van der Waals surface area contributed by atoms with Crippen molar-refractivity contribution in [2.75, 3.05) is 0 Å². The van der Waals surface area contributed by atoms with Crippen molar-refractivity contribution in [3.05, 3.63) is 158 Å². The minimum atomic E-state index is 0.655. The van der Waals surface area contributed by atoms with Gasteiger partial charge in [0.2, 0.25) is 5.95 Å². The predicted octanol–water partition coefficient (Wildman–Crippen LogP) is 10.0. The summed E-state index contributed by atoms with van der Waals surface area (Å²) >= 11 is 0. The van der Waals surface area contributed by atoms with Crippen LogP contribution in [0.25, 0.3) is 77.8 Å². The lowest BCUT2D eigenvalue weighted by Crippen LogP contribution is -2.04. The zero-order chi connectivity index (χ0) is 29.0. The smallest absolute Gasteiger partial charge is 0.235 e. The van der Waals surface area contributed by atoms with E-state index in [0.717, 1.165) is 39.2 Å². The van der Waals surface area contributed by atoms with Gasteiger partial charge in [0.25, 0.3) is 0 Å². The van der Waals surface area contributed by atoms with Gasteiger partial charge in [-0.05, 0) is 42.5 Å². The second-order valence-electron chi connectivity index (χ2n) is 11.1. The van der Waals surface area contributed by atoms with E-state index in [2.05, 4.69) is 155 Å². The second-order valence-corrected chi connectivity index (χ2v) is 11.1. The molecule has 0 radical (unpaired) electrons. The van der Waals surface area contributed by atoms with E-state index in [0.29, 0.717) is 5.95 Å². The molecule has 4 nitrogen and oxygen atoms in total. The first-order chi connectivity index (χ1) is 21.8. The van der Waals surface area contributed by atoms with Gasteiger partial charge < -0.3 is 4.57 Å². The number of hydrogen-bond acceptors (Lipinski definition) is 2. The Morgan fingerprint density at radius 2 is 0.773 bits per heavy atom. The van der Waals surface area contributed by atoms with Gasteiger partial charge in [-0.25, -0.2) is 9.97 Å².